The van der Waals surface area contributed by atoms with Crippen molar-refractivity contribution < 1.29 is 9.53 Å². The Hall–Kier alpha value is -0.0300. The predicted octanol–water partition coefficient (Wildman–Crippen LogP) is 1.08. The lowest BCUT2D eigenvalue weighted by molar-refractivity contribution is -0.147. The normalized spacial score (nSPS) is 22.6. The lowest BCUT2D eigenvalue weighted by Gasteiger charge is -2.35. The number of halogens is 2. The molecule has 0 aliphatic carbocycles. The first-order valence-electron chi connectivity index (χ1n) is 5.24. The smallest absolute Gasteiger partial charge is 0.323 e. The summed E-state index contributed by atoms with van der Waals surface area (Å²) in [5, 5.41) is 3.35. The van der Waals surface area contributed by atoms with Crippen LogP contribution in [0.4, 0.5) is 0 Å². The van der Waals surface area contributed by atoms with Gasteiger partial charge in [0.25, 0.3) is 0 Å². The standard InChI is InChI=1S/C10H20N2O2.2ClH/c1-4-9(10(13)14-3)12-6-5-11-8(2)7-12;;/h8-9,11H,4-7H2,1-3H3;2*1H. The molecule has 1 aliphatic heterocycles. The quantitative estimate of drug-likeness (QED) is 0.781. The van der Waals surface area contributed by atoms with E-state index < -0.39 is 0 Å². The zero-order chi connectivity index (χ0) is 10.6. The summed E-state index contributed by atoms with van der Waals surface area (Å²) in [6.07, 6.45) is 0.819. The van der Waals surface area contributed by atoms with Crippen molar-refractivity contribution in [1.82, 2.24) is 10.2 Å². The molecule has 0 radical (unpaired) electrons. The monoisotopic (exact) mass is 272 g/mol. The van der Waals surface area contributed by atoms with Gasteiger partial charge in [-0.3, -0.25) is 9.69 Å². The molecular formula is C10H22Cl2N2O2. The van der Waals surface area contributed by atoms with E-state index in [1.807, 2.05) is 6.92 Å². The van der Waals surface area contributed by atoms with Crippen LogP contribution in [0.5, 0.6) is 0 Å². The van der Waals surface area contributed by atoms with Gasteiger partial charge >= 0.3 is 5.97 Å². The minimum atomic E-state index is -0.110. The molecule has 0 aromatic carbocycles. The number of carbonyl (C=O) groups excluding carboxylic acids is 1. The number of esters is 1. The summed E-state index contributed by atoms with van der Waals surface area (Å²) >= 11 is 0. The summed E-state index contributed by atoms with van der Waals surface area (Å²) in [7, 11) is 1.45. The molecule has 98 valence electrons. The zero-order valence-electron chi connectivity index (χ0n) is 10.1. The zero-order valence-corrected chi connectivity index (χ0v) is 11.7. The minimum Gasteiger partial charge on any atom is -0.468 e. The fourth-order valence-corrected chi connectivity index (χ4v) is 1.96. The van der Waals surface area contributed by atoms with Crippen molar-refractivity contribution in [2.45, 2.75) is 32.4 Å². The van der Waals surface area contributed by atoms with Crippen molar-refractivity contribution in [2.24, 2.45) is 0 Å². The highest BCUT2D eigenvalue weighted by Gasteiger charge is 2.27. The average molecular weight is 273 g/mol. The van der Waals surface area contributed by atoms with Crippen LogP contribution in [0, 0.1) is 0 Å². The van der Waals surface area contributed by atoms with Crippen LogP contribution in [-0.2, 0) is 9.53 Å². The fourth-order valence-electron chi connectivity index (χ4n) is 1.96. The number of rotatable bonds is 3. The van der Waals surface area contributed by atoms with Gasteiger partial charge in [0.2, 0.25) is 0 Å². The first-order valence-corrected chi connectivity index (χ1v) is 5.24. The van der Waals surface area contributed by atoms with E-state index in [0.717, 1.165) is 26.1 Å². The Kier molecular flexibility index (Phi) is 10.4. The Morgan fingerprint density at radius 3 is 2.62 bits per heavy atom. The summed E-state index contributed by atoms with van der Waals surface area (Å²) in [5.74, 6) is -0.110. The molecule has 2 atom stereocenters. The lowest BCUT2D eigenvalue weighted by atomic mass is 10.1. The second kappa shape index (κ2) is 9.05. The van der Waals surface area contributed by atoms with Crippen LogP contribution in [0.1, 0.15) is 20.3 Å². The SMILES string of the molecule is CCC(C(=O)OC)N1CCNC(C)C1.Cl.Cl. The number of ether oxygens (including phenoxy) is 1. The number of methoxy groups -OCH3 is 1. The van der Waals surface area contributed by atoms with Crippen molar-refractivity contribution >= 4 is 30.8 Å². The van der Waals surface area contributed by atoms with Gasteiger partial charge in [0.1, 0.15) is 6.04 Å². The average Bonchev–Trinajstić information content (AvgIpc) is 2.19. The molecule has 6 heteroatoms. The van der Waals surface area contributed by atoms with E-state index in [4.69, 9.17) is 4.74 Å². The van der Waals surface area contributed by atoms with Crippen LogP contribution < -0.4 is 5.32 Å². The van der Waals surface area contributed by atoms with E-state index >= 15 is 0 Å². The van der Waals surface area contributed by atoms with Crippen LogP contribution in [0.2, 0.25) is 0 Å². The maximum Gasteiger partial charge on any atom is 0.323 e. The Balaban J connectivity index is 0. The topological polar surface area (TPSA) is 41.6 Å². The highest BCUT2D eigenvalue weighted by atomic mass is 35.5. The van der Waals surface area contributed by atoms with Gasteiger partial charge in [0.05, 0.1) is 7.11 Å². The van der Waals surface area contributed by atoms with Gasteiger partial charge in [-0.1, -0.05) is 6.92 Å². The minimum absolute atomic E-state index is 0. The highest BCUT2D eigenvalue weighted by molar-refractivity contribution is 5.85. The van der Waals surface area contributed by atoms with Crippen LogP contribution >= 0.6 is 24.8 Å². The van der Waals surface area contributed by atoms with E-state index in [1.54, 1.807) is 0 Å². The van der Waals surface area contributed by atoms with Crippen molar-refractivity contribution in [3.05, 3.63) is 0 Å². The molecule has 1 heterocycles. The molecular weight excluding hydrogens is 251 g/mol. The molecule has 1 fully saturated rings. The van der Waals surface area contributed by atoms with Gasteiger partial charge in [-0.2, -0.15) is 0 Å². The van der Waals surface area contributed by atoms with Gasteiger partial charge in [-0.15, -0.1) is 24.8 Å². The van der Waals surface area contributed by atoms with Crippen molar-refractivity contribution in [2.75, 3.05) is 26.7 Å². The molecule has 1 rings (SSSR count). The van der Waals surface area contributed by atoms with E-state index in [2.05, 4.69) is 17.1 Å². The first-order chi connectivity index (χ1) is 6.69. The van der Waals surface area contributed by atoms with E-state index in [0.29, 0.717) is 6.04 Å². The Morgan fingerprint density at radius 1 is 1.56 bits per heavy atom. The molecule has 0 aromatic heterocycles. The molecule has 0 spiro atoms. The summed E-state index contributed by atoms with van der Waals surface area (Å²) in [6, 6.07) is 0.395. The number of carbonyl (C=O) groups is 1. The van der Waals surface area contributed by atoms with Gasteiger partial charge in [-0.05, 0) is 13.3 Å². The Labute approximate surface area is 110 Å². The molecule has 1 N–H and O–H groups in total. The fraction of sp³-hybridized carbons (Fsp3) is 0.900. The maximum atomic E-state index is 11.5. The number of nitrogens with one attached hydrogen (secondary N) is 1. The largest absolute Gasteiger partial charge is 0.468 e. The Morgan fingerprint density at radius 2 is 2.19 bits per heavy atom. The predicted molar refractivity (Wildman–Crippen MR) is 69.6 cm³/mol. The molecule has 0 saturated carbocycles. The van der Waals surface area contributed by atoms with Crippen molar-refractivity contribution in [3.8, 4) is 0 Å². The molecule has 1 aliphatic rings. The third kappa shape index (κ3) is 4.87. The van der Waals surface area contributed by atoms with E-state index in [1.165, 1.54) is 7.11 Å². The summed E-state index contributed by atoms with van der Waals surface area (Å²) in [5.41, 5.74) is 0. The molecule has 0 aromatic rings. The Bertz CT molecular complexity index is 205. The lowest BCUT2D eigenvalue weighted by Crippen LogP contribution is -2.54. The van der Waals surface area contributed by atoms with Crippen LogP contribution in [-0.4, -0.2) is 49.7 Å². The maximum absolute atomic E-state index is 11.5. The number of hydrogen-bond acceptors (Lipinski definition) is 4. The van der Waals surface area contributed by atoms with Gasteiger partial charge in [0, 0.05) is 25.7 Å². The van der Waals surface area contributed by atoms with Gasteiger partial charge < -0.3 is 10.1 Å². The highest BCUT2D eigenvalue weighted by Crippen LogP contribution is 2.09. The molecule has 2 unspecified atom stereocenters. The summed E-state index contributed by atoms with van der Waals surface area (Å²) < 4.78 is 4.79. The number of piperazine rings is 1. The summed E-state index contributed by atoms with van der Waals surface area (Å²) in [6.45, 7) is 6.96. The number of nitrogens with zero attached hydrogens (tertiary/aromatic N) is 1. The van der Waals surface area contributed by atoms with E-state index in [-0.39, 0.29) is 36.8 Å². The molecule has 16 heavy (non-hydrogen) atoms. The third-order valence-electron chi connectivity index (χ3n) is 2.70. The van der Waals surface area contributed by atoms with Crippen molar-refractivity contribution in [3.63, 3.8) is 0 Å². The molecule has 0 amide bonds. The van der Waals surface area contributed by atoms with E-state index in [9.17, 15) is 4.79 Å². The molecule has 1 saturated heterocycles. The number of hydrogen-bond donors (Lipinski definition) is 1. The van der Waals surface area contributed by atoms with Crippen LogP contribution in [0.15, 0.2) is 0 Å². The van der Waals surface area contributed by atoms with Crippen LogP contribution in [0.3, 0.4) is 0 Å². The third-order valence-corrected chi connectivity index (χ3v) is 2.70. The van der Waals surface area contributed by atoms with Crippen molar-refractivity contribution in [1.29, 1.82) is 0 Å². The van der Waals surface area contributed by atoms with Gasteiger partial charge in [-0.25, -0.2) is 0 Å². The summed E-state index contributed by atoms with van der Waals surface area (Å²) in [4.78, 5) is 13.7. The van der Waals surface area contributed by atoms with Gasteiger partial charge in [0.15, 0.2) is 0 Å². The first kappa shape index (κ1) is 18.3. The second-order valence-corrected chi connectivity index (χ2v) is 3.80. The molecule has 4 nitrogen and oxygen atoms in total. The van der Waals surface area contributed by atoms with Crippen LogP contribution in [0.25, 0.3) is 0 Å². The second-order valence-electron chi connectivity index (χ2n) is 3.80. The molecule has 0 bridgehead atoms.